The van der Waals surface area contributed by atoms with E-state index >= 15 is 0 Å². The summed E-state index contributed by atoms with van der Waals surface area (Å²) >= 11 is 0. The Kier molecular flexibility index (Phi) is 3.69. The van der Waals surface area contributed by atoms with Crippen LogP contribution >= 0.6 is 0 Å². The van der Waals surface area contributed by atoms with E-state index < -0.39 is 0 Å². The van der Waals surface area contributed by atoms with Crippen LogP contribution in [0, 0.1) is 0 Å². The minimum atomic E-state index is -0.299. The van der Waals surface area contributed by atoms with Gasteiger partial charge in [-0.25, -0.2) is 0 Å². The molecule has 0 unspecified atom stereocenters. The van der Waals surface area contributed by atoms with Crippen LogP contribution in [0.1, 0.15) is 20.3 Å². The van der Waals surface area contributed by atoms with Gasteiger partial charge in [0.15, 0.2) is 0 Å². The van der Waals surface area contributed by atoms with Crippen LogP contribution in [0.2, 0.25) is 0 Å². The van der Waals surface area contributed by atoms with Crippen molar-refractivity contribution in [3.8, 4) is 0 Å². The highest BCUT2D eigenvalue weighted by molar-refractivity contribution is 5.78. The minimum absolute atomic E-state index is 0.000370. The molecule has 1 amide bonds. The van der Waals surface area contributed by atoms with Crippen molar-refractivity contribution in [2.75, 3.05) is 7.05 Å². The molecule has 58 valence electrons. The summed E-state index contributed by atoms with van der Waals surface area (Å²) in [6, 6.07) is -0.299. The first kappa shape index (κ1) is 9.14. The van der Waals surface area contributed by atoms with E-state index in [1.807, 2.05) is 0 Å². The van der Waals surface area contributed by atoms with Crippen LogP contribution in [0.5, 0.6) is 0 Å². The maximum absolute atomic E-state index is 10.9. The number of hydrogen-bond acceptors (Lipinski definition) is 2. The van der Waals surface area contributed by atoms with E-state index in [1.54, 1.807) is 20.9 Å². The Morgan fingerprint density at radius 2 is 2.20 bits per heavy atom. The standard InChI is InChI=1S/C7H13NO2/c1-4-7(10)8(3)6(2)5-9/h5-6H,4H2,1-3H3/t6-/m0/s1. The zero-order valence-electron chi connectivity index (χ0n) is 6.63. The number of carbonyl (C=O) groups is 2. The molecule has 3 heteroatoms. The number of hydrogen-bond donors (Lipinski definition) is 0. The molecule has 0 aliphatic carbocycles. The normalized spacial score (nSPS) is 12.3. The lowest BCUT2D eigenvalue weighted by Gasteiger charge is -2.18. The van der Waals surface area contributed by atoms with Crippen molar-refractivity contribution in [1.82, 2.24) is 4.90 Å². The van der Waals surface area contributed by atoms with Gasteiger partial charge in [0.1, 0.15) is 6.29 Å². The predicted molar refractivity (Wildman–Crippen MR) is 38.6 cm³/mol. The van der Waals surface area contributed by atoms with Gasteiger partial charge in [0.25, 0.3) is 0 Å². The van der Waals surface area contributed by atoms with Crippen molar-refractivity contribution in [2.24, 2.45) is 0 Å². The lowest BCUT2D eigenvalue weighted by atomic mass is 10.3. The van der Waals surface area contributed by atoms with E-state index in [9.17, 15) is 9.59 Å². The van der Waals surface area contributed by atoms with E-state index in [-0.39, 0.29) is 11.9 Å². The summed E-state index contributed by atoms with van der Waals surface area (Å²) in [5.41, 5.74) is 0. The molecule has 0 heterocycles. The molecule has 0 N–H and O–H groups in total. The molecule has 0 aromatic heterocycles. The van der Waals surface area contributed by atoms with Gasteiger partial charge in [0.05, 0.1) is 6.04 Å². The highest BCUT2D eigenvalue weighted by atomic mass is 16.2. The fraction of sp³-hybridized carbons (Fsp3) is 0.714. The molecule has 0 saturated heterocycles. The van der Waals surface area contributed by atoms with Crippen LogP contribution in [0.4, 0.5) is 0 Å². The van der Waals surface area contributed by atoms with Gasteiger partial charge >= 0.3 is 0 Å². The van der Waals surface area contributed by atoms with Gasteiger partial charge in [0, 0.05) is 13.5 Å². The van der Waals surface area contributed by atoms with Crippen molar-refractivity contribution in [2.45, 2.75) is 26.3 Å². The predicted octanol–water partition coefficient (Wildman–Crippen LogP) is 0.442. The molecule has 1 atom stereocenters. The molecule has 0 aromatic rings. The Morgan fingerprint density at radius 3 is 2.50 bits per heavy atom. The van der Waals surface area contributed by atoms with Crippen LogP contribution in [-0.2, 0) is 9.59 Å². The van der Waals surface area contributed by atoms with Gasteiger partial charge in [-0.05, 0) is 6.92 Å². The molecule has 0 bridgehead atoms. The van der Waals surface area contributed by atoms with Gasteiger partial charge in [-0.1, -0.05) is 6.92 Å². The Hall–Kier alpha value is -0.860. The average molecular weight is 143 g/mol. The highest BCUT2D eigenvalue weighted by Crippen LogP contribution is 1.94. The van der Waals surface area contributed by atoms with Gasteiger partial charge < -0.3 is 9.69 Å². The molecular weight excluding hydrogens is 130 g/mol. The number of rotatable bonds is 3. The lowest BCUT2D eigenvalue weighted by molar-refractivity contribution is -0.133. The molecule has 0 aliphatic heterocycles. The summed E-state index contributed by atoms with van der Waals surface area (Å²) in [5, 5.41) is 0. The fourth-order valence-electron chi connectivity index (χ4n) is 0.568. The topological polar surface area (TPSA) is 37.4 Å². The third kappa shape index (κ3) is 2.17. The number of aldehydes is 1. The summed E-state index contributed by atoms with van der Waals surface area (Å²) in [4.78, 5) is 22.5. The Balaban J connectivity index is 3.93. The first-order valence-electron chi connectivity index (χ1n) is 3.34. The lowest BCUT2D eigenvalue weighted by Crippen LogP contribution is -2.35. The van der Waals surface area contributed by atoms with Gasteiger partial charge in [-0.15, -0.1) is 0 Å². The highest BCUT2D eigenvalue weighted by Gasteiger charge is 2.11. The smallest absolute Gasteiger partial charge is 0.222 e. The van der Waals surface area contributed by atoms with Gasteiger partial charge in [-0.3, -0.25) is 4.79 Å². The molecule has 10 heavy (non-hydrogen) atoms. The first-order valence-corrected chi connectivity index (χ1v) is 3.34. The fourth-order valence-corrected chi connectivity index (χ4v) is 0.568. The largest absolute Gasteiger partial charge is 0.336 e. The number of nitrogens with zero attached hydrogens (tertiary/aromatic N) is 1. The molecule has 0 fully saturated rings. The summed E-state index contributed by atoms with van der Waals surface area (Å²) in [6.07, 6.45) is 1.21. The molecule has 0 aliphatic rings. The Labute approximate surface area is 61.0 Å². The van der Waals surface area contributed by atoms with Crippen LogP contribution < -0.4 is 0 Å². The van der Waals surface area contributed by atoms with Crippen LogP contribution in [0.3, 0.4) is 0 Å². The molecule has 0 rings (SSSR count). The van der Waals surface area contributed by atoms with Crippen LogP contribution in [0.25, 0.3) is 0 Å². The van der Waals surface area contributed by atoms with Crippen molar-refractivity contribution >= 4 is 12.2 Å². The second-order valence-electron chi connectivity index (χ2n) is 2.23. The maximum atomic E-state index is 10.9. The number of likely N-dealkylation sites (N-methyl/N-ethyl adjacent to an activating group) is 1. The quantitative estimate of drug-likeness (QED) is 0.538. The second kappa shape index (κ2) is 4.04. The maximum Gasteiger partial charge on any atom is 0.222 e. The minimum Gasteiger partial charge on any atom is -0.336 e. The first-order chi connectivity index (χ1) is 4.63. The van der Waals surface area contributed by atoms with Crippen molar-refractivity contribution in [1.29, 1.82) is 0 Å². The van der Waals surface area contributed by atoms with Crippen molar-refractivity contribution < 1.29 is 9.59 Å². The number of carbonyl (C=O) groups excluding carboxylic acids is 2. The number of amides is 1. The Bertz CT molecular complexity index is 134. The van der Waals surface area contributed by atoms with Crippen molar-refractivity contribution in [3.63, 3.8) is 0 Å². The molecule has 3 nitrogen and oxygen atoms in total. The molecule has 0 radical (unpaired) electrons. The molecule has 0 saturated carbocycles. The summed E-state index contributed by atoms with van der Waals surface area (Å²) < 4.78 is 0. The average Bonchev–Trinajstić information content (AvgIpc) is 2.00. The van der Waals surface area contributed by atoms with E-state index in [0.29, 0.717) is 6.42 Å². The zero-order valence-corrected chi connectivity index (χ0v) is 6.63. The Morgan fingerprint density at radius 1 is 1.70 bits per heavy atom. The van der Waals surface area contributed by atoms with Gasteiger partial charge in [-0.2, -0.15) is 0 Å². The van der Waals surface area contributed by atoms with E-state index in [4.69, 9.17) is 0 Å². The third-order valence-electron chi connectivity index (χ3n) is 1.50. The van der Waals surface area contributed by atoms with E-state index in [0.717, 1.165) is 6.29 Å². The summed E-state index contributed by atoms with van der Waals surface area (Å²) in [7, 11) is 1.63. The SMILES string of the molecule is CCC(=O)N(C)[C@@H](C)C=O. The van der Waals surface area contributed by atoms with E-state index in [1.165, 1.54) is 4.90 Å². The van der Waals surface area contributed by atoms with E-state index in [2.05, 4.69) is 0 Å². The summed E-state index contributed by atoms with van der Waals surface area (Å²) in [5.74, 6) is -0.000370. The second-order valence-corrected chi connectivity index (χ2v) is 2.23. The summed E-state index contributed by atoms with van der Waals surface area (Å²) in [6.45, 7) is 3.47. The molecular formula is C7H13NO2. The van der Waals surface area contributed by atoms with Crippen molar-refractivity contribution in [3.05, 3.63) is 0 Å². The van der Waals surface area contributed by atoms with Gasteiger partial charge in [0.2, 0.25) is 5.91 Å². The molecule has 0 spiro atoms. The van der Waals surface area contributed by atoms with Crippen LogP contribution in [0.15, 0.2) is 0 Å². The van der Waals surface area contributed by atoms with Crippen LogP contribution in [-0.4, -0.2) is 30.2 Å². The third-order valence-corrected chi connectivity index (χ3v) is 1.50. The monoisotopic (exact) mass is 143 g/mol. The molecule has 0 aromatic carbocycles. The zero-order chi connectivity index (χ0) is 8.15.